The Kier molecular flexibility index (Phi) is 10.2. The number of aliphatic hydroxyl groups excluding tert-OH is 1. The van der Waals surface area contributed by atoms with Gasteiger partial charge in [0.25, 0.3) is 0 Å². The molecule has 2 aromatic rings. The number of sulfonamides is 1. The van der Waals surface area contributed by atoms with Gasteiger partial charge < -0.3 is 10.2 Å². The van der Waals surface area contributed by atoms with Gasteiger partial charge in [0.15, 0.2) is 5.78 Å². The summed E-state index contributed by atoms with van der Waals surface area (Å²) in [4.78, 5) is 14.2. The Bertz CT molecular complexity index is 1450. The van der Waals surface area contributed by atoms with Gasteiger partial charge in [-0.15, -0.1) is 0 Å². The number of carbonyl (C=O) groups is 1. The van der Waals surface area contributed by atoms with Crippen LogP contribution >= 0.6 is 0 Å². The van der Waals surface area contributed by atoms with Crippen molar-refractivity contribution in [3.8, 4) is 0 Å². The number of allylic oxidation sites excluding steroid dienone is 2. The van der Waals surface area contributed by atoms with E-state index in [0.29, 0.717) is 32.1 Å². The molecule has 2 saturated carbocycles. The second-order valence-corrected chi connectivity index (χ2v) is 16.1. The molecule has 4 atom stereocenters. The first-order chi connectivity index (χ1) is 20.9. The maximum Gasteiger partial charge on any atom is 0.211 e. The van der Waals surface area contributed by atoms with Crippen LogP contribution < -0.4 is 0 Å². The van der Waals surface area contributed by atoms with Crippen LogP contribution in [0.25, 0.3) is 0 Å². The normalized spacial score (nSPS) is 28.8. The van der Waals surface area contributed by atoms with Gasteiger partial charge in [-0.05, 0) is 93.4 Å². The summed E-state index contributed by atoms with van der Waals surface area (Å²) in [6.07, 6.45) is 12.6. The van der Waals surface area contributed by atoms with E-state index >= 15 is 0 Å². The summed E-state index contributed by atoms with van der Waals surface area (Å²) >= 11 is 0. The van der Waals surface area contributed by atoms with Crippen LogP contribution in [0.5, 0.6) is 0 Å². The minimum Gasteiger partial charge on any atom is -0.393 e. The first-order valence-electron chi connectivity index (χ1n) is 16.6. The van der Waals surface area contributed by atoms with E-state index in [1.807, 2.05) is 36.4 Å². The van der Waals surface area contributed by atoms with Gasteiger partial charge in [0.05, 0.1) is 18.0 Å². The Morgan fingerprint density at radius 2 is 1.73 bits per heavy atom. The SMILES string of the molecule is CC1=CCC[C@@]2(C)[C@@H](CC[C@@]2(O)CN(Cc2ccccc2)S(C)(=O)=O)c2ccc(cc2C(=O)C2CCCCC2)C[C@@H](O)CC1. The highest BCUT2D eigenvalue weighted by atomic mass is 32.2. The van der Waals surface area contributed by atoms with Gasteiger partial charge in [0.1, 0.15) is 0 Å². The van der Waals surface area contributed by atoms with Crippen molar-refractivity contribution in [1.82, 2.24) is 4.31 Å². The Balaban J connectivity index is 1.58. The molecule has 0 amide bonds. The van der Waals surface area contributed by atoms with Crippen molar-refractivity contribution in [2.75, 3.05) is 12.8 Å². The number of rotatable bonds is 7. The fraction of sp³-hybridized carbons (Fsp3) is 0.595. The van der Waals surface area contributed by atoms with E-state index in [1.54, 1.807) is 0 Å². The molecular formula is C37H51NO5S. The zero-order valence-corrected chi connectivity index (χ0v) is 27.6. The zero-order valence-electron chi connectivity index (χ0n) is 26.8. The lowest BCUT2D eigenvalue weighted by molar-refractivity contribution is -0.0731. The van der Waals surface area contributed by atoms with Crippen molar-refractivity contribution in [2.24, 2.45) is 11.3 Å². The summed E-state index contributed by atoms with van der Waals surface area (Å²) in [5, 5.41) is 23.5. The fourth-order valence-electron chi connectivity index (χ4n) is 8.17. The number of hydrogen-bond donors (Lipinski definition) is 2. The predicted molar refractivity (Wildman–Crippen MR) is 176 cm³/mol. The summed E-state index contributed by atoms with van der Waals surface area (Å²) in [5.74, 6) is 0.0904. The third-order valence-electron chi connectivity index (χ3n) is 11.0. The van der Waals surface area contributed by atoms with Crippen LogP contribution in [0.15, 0.2) is 60.2 Å². The smallest absolute Gasteiger partial charge is 0.211 e. The lowest BCUT2D eigenvalue weighted by Gasteiger charge is -2.46. The molecule has 0 aliphatic heterocycles. The molecule has 6 rings (SSSR count). The Labute approximate surface area is 264 Å². The lowest BCUT2D eigenvalue weighted by Crippen LogP contribution is -2.53. The van der Waals surface area contributed by atoms with Crippen LogP contribution in [0.1, 0.15) is 117 Å². The number of Topliss-reactive ketones (excluding diaryl/α,β-unsaturated/α-hetero) is 1. The molecule has 7 heteroatoms. The van der Waals surface area contributed by atoms with Gasteiger partial charge in [0, 0.05) is 30.0 Å². The van der Waals surface area contributed by atoms with E-state index in [-0.39, 0.29) is 30.7 Å². The summed E-state index contributed by atoms with van der Waals surface area (Å²) in [6, 6.07) is 15.7. The molecule has 6 nitrogen and oxygen atoms in total. The average molecular weight is 622 g/mol. The van der Waals surface area contributed by atoms with E-state index in [0.717, 1.165) is 60.8 Å². The van der Waals surface area contributed by atoms with E-state index in [9.17, 15) is 23.4 Å². The Morgan fingerprint density at radius 1 is 1.00 bits per heavy atom. The fourth-order valence-corrected chi connectivity index (χ4v) is 9.00. The molecule has 240 valence electrons. The topological polar surface area (TPSA) is 94.9 Å². The van der Waals surface area contributed by atoms with E-state index < -0.39 is 27.1 Å². The number of aliphatic hydroxyl groups is 2. The molecule has 2 fully saturated rings. The zero-order chi connectivity index (χ0) is 31.5. The molecule has 2 N–H and O–H groups in total. The molecule has 0 unspecified atom stereocenters. The van der Waals surface area contributed by atoms with Gasteiger partial charge >= 0.3 is 0 Å². The third-order valence-corrected chi connectivity index (χ3v) is 12.2. The quantitative estimate of drug-likeness (QED) is 0.258. The highest BCUT2D eigenvalue weighted by molar-refractivity contribution is 7.88. The summed E-state index contributed by atoms with van der Waals surface area (Å²) < 4.78 is 27.7. The minimum absolute atomic E-state index is 0.00489. The van der Waals surface area contributed by atoms with E-state index in [1.165, 1.54) is 22.6 Å². The van der Waals surface area contributed by atoms with Crippen molar-refractivity contribution in [3.63, 3.8) is 0 Å². The Morgan fingerprint density at radius 3 is 2.43 bits per heavy atom. The first kappa shape index (κ1) is 33.1. The van der Waals surface area contributed by atoms with Crippen LogP contribution in [-0.2, 0) is 23.0 Å². The van der Waals surface area contributed by atoms with Crippen molar-refractivity contribution >= 4 is 15.8 Å². The minimum atomic E-state index is -3.62. The van der Waals surface area contributed by atoms with Crippen molar-refractivity contribution in [3.05, 3.63) is 82.4 Å². The largest absolute Gasteiger partial charge is 0.393 e. The van der Waals surface area contributed by atoms with Gasteiger partial charge in [-0.2, -0.15) is 4.31 Å². The van der Waals surface area contributed by atoms with Gasteiger partial charge in [0.2, 0.25) is 10.0 Å². The summed E-state index contributed by atoms with van der Waals surface area (Å²) in [6.45, 7) is 4.42. The molecule has 0 aromatic heterocycles. The molecule has 4 aliphatic rings. The predicted octanol–water partition coefficient (Wildman–Crippen LogP) is 6.95. The molecule has 0 heterocycles. The van der Waals surface area contributed by atoms with Crippen molar-refractivity contribution in [1.29, 1.82) is 0 Å². The van der Waals surface area contributed by atoms with Crippen LogP contribution in [-0.4, -0.2) is 53.2 Å². The number of fused-ring (bicyclic) bond motifs is 8. The second kappa shape index (κ2) is 13.6. The number of hydrogen-bond acceptors (Lipinski definition) is 5. The molecule has 2 bridgehead atoms. The van der Waals surface area contributed by atoms with E-state index in [4.69, 9.17) is 0 Å². The summed E-state index contributed by atoms with van der Waals surface area (Å²) in [7, 11) is -3.62. The molecule has 44 heavy (non-hydrogen) atoms. The number of carbonyl (C=O) groups excluding carboxylic acids is 1. The maximum atomic E-state index is 14.2. The average Bonchev–Trinajstić information content (AvgIpc) is 3.25. The Hall–Kier alpha value is -2.32. The van der Waals surface area contributed by atoms with Crippen LogP contribution in [0, 0.1) is 11.3 Å². The van der Waals surface area contributed by atoms with Crippen LogP contribution in [0.3, 0.4) is 0 Å². The molecule has 2 aromatic carbocycles. The van der Waals surface area contributed by atoms with Gasteiger partial charge in [-0.3, -0.25) is 4.79 Å². The van der Waals surface area contributed by atoms with Crippen molar-refractivity contribution < 1.29 is 23.4 Å². The monoisotopic (exact) mass is 621 g/mol. The number of benzene rings is 2. The number of ketones is 1. The summed E-state index contributed by atoms with van der Waals surface area (Å²) in [5.41, 5.74) is 2.83. The van der Waals surface area contributed by atoms with Crippen LogP contribution in [0.2, 0.25) is 0 Å². The van der Waals surface area contributed by atoms with E-state index in [2.05, 4.69) is 32.1 Å². The molecule has 4 aliphatic carbocycles. The maximum absolute atomic E-state index is 14.2. The van der Waals surface area contributed by atoms with Gasteiger partial charge in [-0.25, -0.2) is 8.42 Å². The second-order valence-electron chi connectivity index (χ2n) is 14.2. The lowest BCUT2D eigenvalue weighted by atomic mass is 9.64. The molecular weight excluding hydrogens is 570 g/mol. The third kappa shape index (κ3) is 7.22. The molecule has 0 spiro atoms. The van der Waals surface area contributed by atoms with Crippen molar-refractivity contribution in [2.45, 2.75) is 115 Å². The highest BCUT2D eigenvalue weighted by Crippen LogP contribution is 2.59. The highest BCUT2D eigenvalue weighted by Gasteiger charge is 2.58. The van der Waals surface area contributed by atoms with Gasteiger partial charge in [-0.1, -0.05) is 80.3 Å². The molecule has 0 saturated heterocycles. The standard InChI is InChI=1S/C37H51NO5S/c1-27-11-10-21-36(2)34(20-22-37(36,41)26-38(44(3,42)43)25-28-12-6-4-7-13-28)32-19-17-29(23-31(39)18-16-27)24-33(32)35(40)30-14-8-5-9-15-30/h4,6-7,11-13,17,19,24,30-31,34,39,41H,5,8-10,14-16,18,20-23,25-26H2,1-3H3/t31-,34-,36-,37+/m0/s1. The first-order valence-corrected chi connectivity index (χ1v) is 18.5. The molecule has 0 radical (unpaired) electrons. The number of nitrogens with zero attached hydrogens (tertiary/aromatic N) is 1. The van der Waals surface area contributed by atoms with Crippen LogP contribution in [0.4, 0.5) is 0 Å².